The molecule has 1 fully saturated rings. The molecule has 0 aromatic heterocycles. The van der Waals surface area contributed by atoms with Gasteiger partial charge in [-0.15, -0.1) is 11.8 Å². The van der Waals surface area contributed by atoms with Gasteiger partial charge in [0.1, 0.15) is 5.75 Å². The van der Waals surface area contributed by atoms with E-state index in [4.69, 9.17) is 4.74 Å². The molecule has 1 saturated heterocycles. The Balaban J connectivity index is 1.50. The number of amides is 1. The highest BCUT2D eigenvalue weighted by Gasteiger charge is 2.24. The van der Waals surface area contributed by atoms with Crippen molar-refractivity contribution in [2.45, 2.75) is 47.3 Å². The highest BCUT2D eigenvalue weighted by molar-refractivity contribution is 7.98. The number of hydrogen-bond donors (Lipinski definition) is 2. The molecule has 0 unspecified atom stereocenters. The van der Waals surface area contributed by atoms with Crippen molar-refractivity contribution in [1.82, 2.24) is 4.90 Å². The van der Waals surface area contributed by atoms with Crippen molar-refractivity contribution in [2.24, 2.45) is 0 Å². The highest BCUT2D eigenvalue weighted by Crippen LogP contribution is 2.28. The fourth-order valence-electron chi connectivity index (χ4n) is 4.38. The number of hydrogen-bond acceptors (Lipinski definition) is 7. The quantitative estimate of drug-likeness (QED) is 0.297. The standard InChI is InChI=1S/C28H33N3O6S3/c1-3-37-23-12-8-21(9-13-23)29-39(33,34)24-14-10-22(11-15-24)30-40(35,36)25-16-17-27(38-2)26(20-25)28(32)31-18-6-4-5-7-19-31/h8-17,20,29-30H,3-7,18-19H2,1-2H3. The predicted octanol–water partition coefficient (Wildman–Crippen LogP) is 5.43. The molecule has 9 nitrogen and oxygen atoms in total. The van der Waals surface area contributed by atoms with E-state index in [-0.39, 0.29) is 21.4 Å². The number of ether oxygens (including phenoxy) is 1. The minimum atomic E-state index is -4.04. The lowest BCUT2D eigenvalue weighted by Gasteiger charge is -2.22. The minimum Gasteiger partial charge on any atom is -0.494 e. The molecule has 1 aliphatic rings. The van der Waals surface area contributed by atoms with Crippen LogP contribution in [-0.2, 0) is 20.0 Å². The van der Waals surface area contributed by atoms with Gasteiger partial charge in [-0.2, -0.15) is 0 Å². The van der Waals surface area contributed by atoms with Crippen molar-refractivity contribution in [3.8, 4) is 5.75 Å². The largest absolute Gasteiger partial charge is 0.494 e. The molecule has 12 heteroatoms. The lowest BCUT2D eigenvalue weighted by atomic mass is 10.2. The third-order valence-electron chi connectivity index (χ3n) is 6.44. The average Bonchev–Trinajstić information content (AvgIpc) is 3.23. The Hall–Kier alpha value is -3.22. The van der Waals surface area contributed by atoms with Crippen LogP contribution in [0, 0.1) is 0 Å². The summed E-state index contributed by atoms with van der Waals surface area (Å²) in [4.78, 5) is 15.7. The molecule has 0 spiro atoms. The lowest BCUT2D eigenvalue weighted by molar-refractivity contribution is 0.0758. The van der Waals surface area contributed by atoms with Crippen molar-refractivity contribution < 1.29 is 26.4 Å². The topological polar surface area (TPSA) is 122 Å². The number of sulfonamides is 2. The molecule has 3 aromatic carbocycles. The summed E-state index contributed by atoms with van der Waals surface area (Å²) < 4.78 is 62.4. The Bertz CT molecular complexity index is 1530. The Morgan fingerprint density at radius 1 is 0.800 bits per heavy atom. The molecule has 0 aliphatic carbocycles. The van der Waals surface area contributed by atoms with Gasteiger partial charge in [0.25, 0.3) is 26.0 Å². The van der Waals surface area contributed by atoms with Crippen LogP contribution in [-0.4, -0.2) is 53.6 Å². The van der Waals surface area contributed by atoms with Crippen LogP contribution in [0.3, 0.4) is 0 Å². The predicted molar refractivity (Wildman–Crippen MR) is 158 cm³/mol. The number of rotatable bonds is 10. The fourth-order valence-corrected chi connectivity index (χ4v) is 7.09. The van der Waals surface area contributed by atoms with Gasteiger partial charge in [-0.1, -0.05) is 12.8 Å². The first-order valence-electron chi connectivity index (χ1n) is 13.0. The lowest BCUT2D eigenvalue weighted by Crippen LogP contribution is -2.32. The summed E-state index contributed by atoms with van der Waals surface area (Å²) in [5.74, 6) is 0.460. The molecule has 1 heterocycles. The van der Waals surface area contributed by atoms with E-state index in [2.05, 4.69) is 9.44 Å². The summed E-state index contributed by atoms with van der Waals surface area (Å²) in [6, 6.07) is 16.4. The molecule has 1 amide bonds. The molecule has 4 rings (SSSR count). The zero-order valence-electron chi connectivity index (χ0n) is 22.4. The number of carbonyl (C=O) groups excluding carboxylic acids is 1. The number of nitrogens with zero attached hydrogens (tertiary/aromatic N) is 1. The number of carbonyl (C=O) groups is 1. The highest BCUT2D eigenvalue weighted by atomic mass is 32.2. The third kappa shape index (κ3) is 7.29. The molecule has 0 saturated carbocycles. The zero-order chi connectivity index (χ0) is 28.8. The van der Waals surface area contributed by atoms with Crippen molar-refractivity contribution in [2.75, 3.05) is 35.4 Å². The average molecular weight is 604 g/mol. The number of anilines is 2. The Kier molecular flexibility index (Phi) is 9.64. The van der Waals surface area contributed by atoms with E-state index in [0.717, 1.165) is 25.7 Å². The molecule has 214 valence electrons. The maximum Gasteiger partial charge on any atom is 0.261 e. The second-order valence-corrected chi connectivity index (χ2v) is 13.5. The van der Waals surface area contributed by atoms with Crippen molar-refractivity contribution >= 4 is 49.1 Å². The summed E-state index contributed by atoms with van der Waals surface area (Å²) >= 11 is 1.39. The van der Waals surface area contributed by atoms with E-state index in [1.807, 2.05) is 13.2 Å². The second-order valence-electron chi connectivity index (χ2n) is 9.26. The summed E-state index contributed by atoms with van der Waals surface area (Å²) in [5.41, 5.74) is 0.917. The van der Waals surface area contributed by atoms with Crippen LogP contribution in [0.15, 0.2) is 81.4 Å². The van der Waals surface area contributed by atoms with Gasteiger partial charge >= 0.3 is 0 Å². The third-order valence-corrected chi connectivity index (χ3v) is 10.0. The first kappa shape index (κ1) is 29.8. The monoisotopic (exact) mass is 603 g/mol. The smallest absolute Gasteiger partial charge is 0.261 e. The van der Waals surface area contributed by atoms with Crippen LogP contribution in [0.4, 0.5) is 11.4 Å². The second kappa shape index (κ2) is 13.0. The number of likely N-dealkylation sites (tertiary alicyclic amines) is 1. The van der Waals surface area contributed by atoms with Gasteiger partial charge in [-0.05, 0) is 92.8 Å². The van der Waals surface area contributed by atoms with Crippen LogP contribution in [0.25, 0.3) is 0 Å². The van der Waals surface area contributed by atoms with E-state index in [1.165, 1.54) is 48.2 Å². The normalized spacial score (nSPS) is 14.3. The van der Waals surface area contributed by atoms with Crippen LogP contribution in [0.5, 0.6) is 5.75 Å². The fraction of sp³-hybridized carbons (Fsp3) is 0.321. The van der Waals surface area contributed by atoms with Gasteiger partial charge in [-0.25, -0.2) is 16.8 Å². The van der Waals surface area contributed by atoms with Gasteiger partial charge in [0, 0.05) is 29.4 Å². The molecule has 0 bridgehead atoms. The molecule has 40 heavy (non-hydrogen) atoms. The molecule has 1 aliphatic heterocycles. The molecule has 0 radical (unpaired) electrons. The summed E-state index contributed by atoms with van der Waals surface area (Å²) in [6.07, 6.45) is 5.87. The van der Waals surface area contributed by atoms with Crippen molar-refractivity contribution in [1.29, 1.82) is 0 Å². The summed E-state index contributed by atoms with van der Waals surface area (Å²) in [5, 5.41) is 0. The van der Waals surface area contributed by atoms with Crippen LogP contribution in [0.2, 0.25) is 0 Å². The van der Waals surface area contributed by atoms with Gasteiger partial charge in [0.15, 0.2) is 0 Å². The number of benzene rings is 3. The molecule has 0 atom stereocenters. The van der Waals surface area contributed by atoms with Crippen LogP contribution >= 0.6 is 11.8 Å². The Morgan fingerprint density at radius 3 is 1.88 bits per heavy atom. The number of thioether (sulfide) groups is 1. The Labute approximate surface area is 240 Å². The van der Waals surface area contributed by atoms with Crippen molar-refractivity contribution in [3.05, 3.63) is 72.3 Å². The minimum absolute atomic E-state index is 0.0287. The van der Waals surface area contributed by atoms with E-state index < -0.39 is 20.0 Å². The molecule has 2 N–H and O–H groups in total. The first-order valence-corrected chi connectivity index (χ1v) is 17.2. The van der Waals surface area contributed by atoms with E-state index in [0.29, 0.717) is 41.6 Å². The Morgan fingerprint density at radius 2 is 1.32 bits per heavy atom. The zero-order valence-corrected chi connectivity index (χ0v) is 24.9. The SMILES string of the molecule is CCOc1ccc(NS(=O)(=O)c2ccc(NS(=O)(=O)c3ccc(SC)c(C(=O)N4CCCCCC4)c3)cc2)cc1. The molecular formula is C28H33N3O6S3. The van der Waals surface area contributed by atoms with Gasteiger partial charge in [0.05, 0.1) is 22.0 Å². The van der Waals surface area contributed by atoms with Crippen LogP contribution in [0.1, 0.15) is 43.0 Å². The maximum absolute atomic E-state index is 13.3. The first-order chi connectivity index (χ1) is 19.1. The summed E-state index contributed by atoms with van der Waals surface area (Å²) in [7, 11) is -7.94. The van der Waals surface area contributed by atoms with E-state index >= 15 is 0 Å². The number of nitrogens with one attached hydrogen (secondary N) is 2. The van der Waals surface area contributed by atoms with E-state index in [9.17, 15) is 21.6 Å². The summed E-state index contributed by atoms with van der Waals surface area (Å²) in [6.45, 7) is 3.68. The van der Waals surface area contributed by atoms with Gasteiger partial charge in [-0.3, -0.25) is 14.2 Å². The maximum atomic E-state index is 13.3. The van der Waals surface area contributed by atoms with E-state index in [1.54, 1.807) is 35.2 Å². The van der Waals surface area contributed by atoms with Crippen LogP contribution < -0.4 is 14.2 Å². The molecular weight excluding hydrogens is 571 g/mol. The molecule has 3 aromatic rings. The van der Waals surface area contributed by atoms with Gasteiger partial charge in [0.2, 0.25) is 0 Å². The van der Waals surface area contributed by atoms with Crippen molar-refractivity contribution in [3.63, 3.8) is 0 Å². The van der Waals surface area contributed by atoms with Gasteiger partial charge < -0.3 is 9.64 Å².